The topological polar surface area (TPSA) is 69.6 Å². The SMILES string of the molecule is CN1CC[C@@]2(CCc3ccc(C(=O)NO)cc3C2)C1=O. The number of rotatable bonds is 1. The first-order valence-corrected chi connectivity index (χ1v) is 6.87. The van der Waals surface area contributed by atoms with Crippen LogP contribution in [0.1, 0.15) is 34.3 Å². The molecule has 1 saturated heterocycles. The van der Waals surface area contributed by atoms with E-state index in [4.69, 9.17) is 5.21 Å². The first kappa shape index (κ1) is 13.1. The summed E-state index contributed by atoms with van der Waals surface area (Å²) in [6.45, 7) is 0.810. The second-order valence-corrected chi connectivity index (χ2v) is 5.86. The lowest BCUT2D eigenvalue weighted by Crippen LogP contribution is -2.37. The summed E-state index contributed by atoms with van der Waals surface area (Å²) in [7, 11) is 1.85. The Morgan fingerprint density at radius 3 is 2.80 bits per heavy atom. The van der Waals surface area contributed by atoms with Gasteiger partial charge in [-0.25, -0.2) is 5.48 Å². The smallest absolute Gasteiger partial charge is 0.274 e. The van der Waals surface area contributed by atoms with E-state index in [2.05, 4.69) is 0 Å². The Hall–Kier alpha value is -1.88. The molecule has 20 heavy (non-hydrogen) atoms. The van der Waals surface area contributed by atoms with E-state index in [0.29, 0.717) is 12.0 Å². The summed E-state index contributed by atoms with van der Waals surface area (Å²) in [6, 6.07) is 5.44. The minimum absolute atomic E-state index is 0.222. The molecule has 1 aromatic carbocycles. The zero-order chi connectivity index (χ0) is 14.3. The lowest BCUT2D eigenvalue weighted by Gasteiger charge is -2.33. The van der Waals surface area contributed by atoms with Gasteiger partial charge in [0.1, 0.15) is 0 Å². The highest BCUT2D eigenvalue weighted by Crippen LogP contribution is 2.43. The Kier molecular flexibility index (Phi) is 3.01. The fraction of sp³-hybridized carbons (Fsp3) is 0.467. The van der Waals surface area contributed by atoms with Crippen LogP contribution in [0.15, 0.2) is 18.2 Å². The molecule has 5 heteroatoms. The average molecular weight is 274 g/mol. The third-order valence-electron chi connectivity index (χ3n) is 4.70. The standard InChI is InChI=1S/C15H18N2O3/c1-17-7-6-15(14(17)19)5-4-10-2-3-11(13(18)16-20)8-12(10)9-15/h2-3,8,20H,4-7,9H2,1H3,(H,16,18)/t15-/m1/s1. The largest absolute Gasteiger partial charge is 0.345 e. The highest BCUT2D eigenvalue weighted by Gasteiger charge is 2.46. The van der Waals surface area contributed by atoms with Gasteiger partial charge < -0.3 is 4.90 Å². The van der Waals surface area contributed by atoms with Crippen molar-refractivity contribution in [2.45, 2.75) is 25.7 Å². The van der Waals surface area contributed by atoms with E-state index in [1.54, 1.807) is 22.5 Å². The van der Waals surface area contributed by atoms with Crippen LogP contribution in [-0.2, 0) is 17.6 Å². The predicted molar refractivity (Wildman–Crippen MR) is 72.4 cm³/mol. The number of hydrogen-bond donors (Lipinski definition) is 2. The first-order valence-electron chi connectivity index (χ1n) is 6.87. The van der Waals surface area contributed by atoms with E-state index in [9.17, 15) is 9.59 Å². The minimum Gasteiger partial charge on any atom is -0.345 e. The zero-order valence-corrected chi connectivity index (χ0v) is 11.5. The molecule has 0 radical (unpaired) electrons. The fourth-order valence-electron chi connectivity index (χ4n) is 3.46. The maximum Gasteiger partial charge on any atom is 0.274 e. The van der Waals surface area contributed by atoms with Crippen molar-refractivity contribution >= 4 is 11.8 Å². The van der Waals surface area contributed by atoms with Gasteiger partial charge in [0.15, 0.2) is 0 Å². The van der Waals surface area contributed by atoms with Gasteiger partial charge in [0.05, 0.1) is 5.41 Å². The van der Waals surface area contributed by atoms with E-state index in [1.165, 1.54) is 5.56 Å². The Bertz CT molecular complexity index is 584. The minimum atomic E-state index is -0.512. The van der Waals surface area contributed by atoms with Crippen LogP contribution < -0.4 is 5.48 Å². The van der Waals surface area contributed by atoms with Crippen LogP contribution in [0.4, 0.5) is 0 Å². The van der Waals surface area contributed by atoms with Gasteiger partial charge in [0.25, 0.3) is 5.91 Å². The molecule has 1 aliphatic carbocycles. The normalized spacial score (nSPS) is 24.9. The van der Waals surface area contributed by atoms with E-state index in [0.717, 1.165) is 31.4 Å². The molecule has 1 spiro atoms. The zero-order valence-electron chi connectivity index (χ0n) is 11.5. The van der Waals surface area contributed by atoms with Crippen molar-refractivity contribution in [3.8, 4) is 0 Å². The van der Waals surface area contributed by atoms with Crippen LogP contribution in [0.2, 0.25) is 0 Å². The van der Waals surface area contributed by atoms with Crippen molar-refractivity contribution in [2.75, 3.05) is 13.6 Å². The molecule has 2 amide bonds. The van der Waals surface area contributed by atoms with Crippen molar-refractivity contribution < 1.29 is 14.8 Å². The fourth-order valence-corrected chi connectivity index (χ4v) is 3.46. The Morgan fingerprint density at radius 2 is 2.15 bits per heavy atom. The number of carbonyl (C=O) groups is 2. The molecule has 1 fully saturated rings. The van der Waals surface area contributed by atoms with Crippen LogP contribution in [0.3, 0.4) is 0 Å². The molecule has 1 aliphatic heterocycles. The predicted octanol–water partition coefficient (Wildman–Crippen LogP) is 1.14. The van der Waals surface area contributed by atoms with Crippen LogP contribution in [0.25, 0.3) is 0 Å². The van der Waals surface area contributed by atoms with E-state index >= 15 is 0 Å². The highest BCUT2D eigenvalue weighted by atomic mass is 16.5. The summed E-state index contributed by atoms with van der Waals surface area (Å²) in [5.41, 5.74) is 4.06. The van der Waals surface area contributed by atoms with Gasteiger partial charge in [-0.2, -0.15) is 0 Å². The van der Waals surface area contributed by atoms with Crippen molar-refractivity contribution in [1.82, 2.24) is 10.4 Å². The number of hydroxylamine groups is 1. The lowest BCUT2D eigenvalue weighted by atomic mass is 9.70. The van der Waals surface area contributed by atoms with Crippen LogP contribution in [0, 0.1) is 5.41 Å². The monoisotopic (exact) mass is 274 g/mol. The van der Waals surface area contributed by atoms with E-state index < -0.39 is 5.91 Å². The number of nitrogens with zero attached hydrogens (tertiary/aromatic N) is 1. The molecule has 0 aromatic heterocycles. The Balaban J connectivity index is 1.94. The molecule has 2 aliphatic rings. The third-order valence-corrected chi connectivity index (χ3v) is 4.70. The van der Waals surface area contributed by atoms with Crippen molar-refractivity contribution in [2.24, 2.45) is 5.41 Å². The summed E-state index contributed by atoms with van der Waals surface area (Å²) in [5, 5.41) is 8.71. The third kappa shape index (κ3) is 1.89. The number of aryl methyl sites for hydroxylation is 1. The molecular formula is C15H18N2O3. The number of hydrogen-bond acceptors (Lipinski definition) is 3. The molecule has 3 rings (SSSR count). The van der Waals surface area contributed by atoms with Crippen LogP contribution in [-0.4, -0.2) is 35.5 Å². The maximum absolute atomic E-state index is 12.4. The van der Waals surface area contributed by atoms with Crippen LogP contribution >= 0.6 is 0 Å². The molecule has 106 valence electrons. The molecule has 1 heterocycles. The van der Waals surface area contributed by atoms with Crippen molar-refractivity contribution in [3.05, 3.63) is 34.9 Å². The average Bonchev–Trinajstić information content (AvgIpc) is 2.74. The molecule has 0 saturated carbocycles. The highest BCUT2D eigenvalue weighted by molar-refractivity contribution is 5.93. The molecule has 0 unspecified atom stereocenters. The Morgan fingerprint density at radius 1 is 1.35 bits per heavy atom. The number of benzene rings is 1. The number of amides is 2. The maximum atomic E-state index is 12.4. The van der Waals surface area contributed by atoms with Crippen molar-refractivity contribution in [1.29, 1.82) is 0 Å². The summed E-state index contributed by atoms with van der Waals surface area (Å²) in [4.78, 5) is 25.7. The van der Waals surface area contributed by atoms with Gasteiger partial charge in [0, 0.05) is 19.2 Å². The second-order valence-electron chi connectivity index (χ2n) is 5.86. The van der Waals surface area contributed by atoms with Gasteiger partial charge in [-0.05, 0) is 48.9 Å². The molecule has 0 bridgehead atoms. The summed E-state index contributed by atoms with van der Waals surface area (Å²) in [6.07, 6.45) is 3.33. The second kappa shape index (κ2) is 4.59. The number of carbonyl (C=O) groups excluding carboxylic acids is 2. The molecule has 1 atom stereocenters. The van der Waals surface area contributed by atoms with Gasteiger partial charge in [-0.15, -0.1) is 0 Å². The van der Waals surface area contributed by atoms with Gasteiger partial charge in [0.2, 0.25) is 5.91 Å². The quantitative estimate of drug-likeness (QED) is 0.596. The number of fused-ring (bicyclic) bond motifs is 1. The van der Waals surface area contributed by atoms with E-state index in [-0.39, 0.29) is 11.3 Å². The first-order chi connectivity index (χ1) is 9.55. The summed E-state index contributed by atoms with van der Waals surface area (Å²) >= 11 is 0. The molecular weight excluding hydrogens is 256 g/mol. The number of likely N-dealkylation sites (tertiary alicyclic amines) is 1. The number of nitrogens with one attached hydrogen (secondary N) is 1. The van der Waals surface area contributed by atoms with E-state index in [1.807, 2.05) is 13.1 Å². The molecule has 2 N–H and O–H groups in total. The van der Waals surface area contributed by atoms with Gasteiger partial charge in [-0.1, -0.05) is 6.07 Å². The molecule has 5 nitrogen and oxygen atoms in total. The van der Waals surface area contributed by atoms with Gasteiger partial charge in [-0.3, -0.25) is 14.8 Å². The lowest BCUT2D eigenvalue weighted by molar-refractivity contribution is -0.135. The van der Waals surface area contributed by atoms with Crippen molar-refractivity contribution in [3.63, 3.8) is 0 Å². The van der Waals surface area contributed by atoms with Gasteiger partial charge >= 0.3 is 0 Å². The summed E-state index contributed by atoms with van der Waals surface area (Å²) < 4.78 is 0. The van der Waals surface area contributed by atoms with Crippen LogP contribution in [0.5, 0.6) is 0 Å². The summed E-state index contributed by atoms with van der Waals surface area (Å²) in [5.74, 6) is -0.289. The Labute approximate surface area is 117 Å². The molecule has 1 aromatic rings.